The maximum atomic E-state index is 13.3. The van der Waals surface area contributed by atoms with E-state index in [0.29, 0.717) is 6.54 Å². The van der Waals surface area contributed by atoms with Crippen molar-refractivity contribution >= 4 is 32.9 Å². The van der Waals surface area contributed by atoms with Gasteiger partial charge in [0.15, 0.2) is 0 Å². The Balaban J connectivity index is 1.31. The highest BCUT2D eigenvalue weighted by Crippen LogP contribution is 2.26. The first-order chi connectivity index (χ1) is 16.6. The molecule has 3 heterocycles. The SMILES string of the molecule is O=C([C@@H]1CCCN(Cc2nc3ccccc3n2-c2ccc(Br)cc2)C1)N1CCN(CCO)CC1. The van der Waals surface area contributed by atoms with Crippen molar-refractivity contribution in [2.24, 2.45) is 5.92 Å². The Kier molecular flexibility index (Phi) is 7.29. The fourth-order valence-electron chi connectivity index (χ4n) is 5.25. The molecule has 7 nitrogen and oxygen atoms in total. The van der Waals surface area contributed by atoms with E-state index in [1.165, 1.54) is 0 Å². The highest BCUT2D eigenvalue weighted by atomic mass is 79.9. The number of hydrogen-bond donors (Lipinski definition) is 1. The Bertz CT molecular complexity index is 1120. The number of rotatable bonds is 6. The standard InChI is InChI=1S/C26H32BrN5O2/c27-21-7-9-22(10-8-21)32-24-6-2-1-5-23(24)28-25(32)19-30-11-3-4-20(18-30)26(34)31-14-12-29(13-15-31)16-17-33/h1-2,5-10,20,33H,3-4,11-19H2/t20-/m1/s1. The van der Waals surface area contributed by atoms with Gasteiger partial charge in [-0.2, -0.15) is 0 Å². The summed E-state index contributed by atoms with van der Waals surface area (Å²) in [5.74, 6) is 1.34. The van der Waals surface area contributed by atoms with E-state index in [1.807, 2.05) is 11.0 Å². The predicted molar refractivity (Wildman–Crippen MR) is 137 cm³/mol. The number of fused-ring (bicyclic) bond motifs is 1. The van der Waals surface area contributed by atoms with Crippen LogP contribution >= 0.6 is 15.9 Å². The molecule has 0 bridgehead atoms. The number of carbonyl (C=O) groups is 1. The van der Waals surface area contributed by atoms with Crippen LogP contribution in [-0.4, -0.2) is 87.7 Å². The van der Waals surface area contributed by atoms with Crippen molar-refractivity contribution in [1.29, 1.82) is 0 Å². The number of nitrogens with zero attached hydrogens (tertiary/aromatic N) is 5. The summed E-state index contributed by atoms with van der Waals surface area (Å²) in [4.78, 5) is 24.9. The molecular weight excluding hydrogens is 494 g/mol. The Morgan fingerprint density at radius 3 is 2.53 bits per heavy atom. The lowest BCUT2D eigenvalue weighted by molar-refractivity contribution is -0.139. The number of carbonyl (C=O) groups excluding carboxylic acids is 1. The Morgan fingerprint density at radius 1 is 1.00 bits per heavy atom. The second kappa shape index (κ2) is 10.6. The molecule has 1 N–H and O–H groups in total. The lowest BCUT2D eigenvalue weighted by Crippen LogP contribution is -2.52. The van der Waals surface area contributed by atoms with Gasteiger partial charge in [-0.25, -0.2) is 4.98 Å². The molecule has 1 aromatic heterocycles. The quantitative estimate of drug-likeness (QED) is 0.535. The smallest absolute Gasteiger partial charge is 0.227 e. The number of piperidine rings is 1. The Morgan fingerprint density at radius 2 is 1.76 bits per heavy atom. The largest absolute Gasteiger partial charge is 0.395 e. The van der Waals surface area contributed by atoms with Crippen LogP contribution in [0.1, 0.15) is 18.7 Å². The minimum Gasteiger partial charge on any atom is -0.395 e. The van der Waals surface area contributed by atoms with Crippen molar-refractivity contribution < 1.29 is 9.90 Å². The average Bonchev–Trinajstić information content (AvgIpc) is 3.23. The molecular formula is C26H32BrN5O2. The van der Waals surface area contributed by atoms with Crippen LogP contribution in [0.3, 0.4) is 0 Å². The topological polar surface area (TPSA) is 64.8 Å². The molecule has 0 unspecified atom stereocenters. The first-order valence-electron chi connectivity index (χ1n) is 12.2. The zero-order chi connectivity index (χ0) is 23.5. The number of hydrogen-bond acceptors (Lipinski definition) is 5. The third-order valence-corrected chi connectivity index (χ3v) is 7.56. The summed E-state index contributed by atoms with van der Waals surface area (Å²) in [5.41, 5.74) is 3.19. The Labute approximate surface area is 209 Å². The van der Waals surface area contributed by atoms with Crippen molar-refractivity contribution in [2.45, 2.75) is 19.4 Å². The number of imidazole rings is 1. The van der Waals surface area contributed by atoms with Crippen molar-refractivity contribution in [2.75, 3.05) is 52.4 Å². The molecule has 3 aromatic rings. The van der Waals surface area contributed by atoms with Gasteiger partial charge < -0.3 is 10.0 Å². The fraction of sp³-hybridized carbons (Fsp3) is 0.462. The minimum atomic E-state index is 0.0450. The van der Waals surface area contributed by atoms with Crippen LogP contribution in [0.4, 0.5) is 0 Å². The van der Waals surface area contributed by atoms with Gasteiger partial charge in [0.2, 0.25) is 5.91 Å². The molecule has 180 valence electrons. The molecule has 1 amide bonds. The number of aromatic nitrogens is 2. The van der Waals surface area contributed by atoms with E-state index in [9.17, 15) is 4.79 Å². The number of aliphatic hydroxyl groups is 1. The lowest BCUT2D eigenvalue weighted by Gasteiger charge is -2.38. The Hall–Kier alpha value is -2.26. The van der Waals surface area contributed by atoms with E-state index in [4.69, 9.17) is 10.1 Å². The van der Waals surface area contributed by atoms with Gasteiger partial charge in [0.25, 0.3) is 0 Å². The number of β-amino-alcohol motifs (C(OH)–C–C–N with tert-alkyl or cyclic N) is 1. The van der Waals surface area contributed by atoms with Crippen LogP contribution in [0.25, 0.3) is 16.7 Å². The summed E-state index contributed by atoms with van der Waals surface area (Å²) >= 11 is 3.54. The van der Waals surface area contributed by atoms with Crippen LogP contribution in [-0.2, 0) is 11.3 Å². The van der Waals surface area contributed by atoms with Gasteiger partial charge in [0.05, 0.1) is 30.1 Å². The maximum Gasteiger partial charge on any atom is 0.227 e. The number of benzene rings is 2. The zero-order valence-corrected chi connectivity index (χ0v) is 21.0. The summed E-state index contributed by atoms with van der Waals surface area (Å²) in [6.45, 7) is 6.56. The summed E-state index contributed by atoms with van der Waals surface area (Å²) in [6.07, 6.45) is 1.98. The normalized spacial score (nSPS) is 20.2. The van der Waals surface area contributed by atoms with Gasteiger partial charge in [-0.1, -0.05) is 28.1 Å². The van der Waals surface area contributed by atoms with E-state index in [-0.39, 0.29) is 18.4 Å². The van der Waals surface area contributed by atoms with Crippen molar-refractivity contribution in [1.82, 2.24) is 24.3 Å². The van der Waals surface area contributed by atoms with Gasteiger partial charge in [-0.3, -0.25) is 19.2 Å². The molecule has 2 aliphatic heterocycles. The van der Waals surface area contributed by atoms with Gasteiger partial charge in [-0.05, 0) is 55.8 Å². The minimum absolute atomic E-state index is 0.0450. The van der Waals surface area contributed by atoms with E-state index in [2.05, 4.69) is 72.8 Å². The third-order valence-electron chi connectivity index (χ3n) is 7.04. The lowest BCUT2D eigenvalue weighted by atomic mass is 9.96. The highest BCUT2D eigenvalue weighted by molar-refractivity contribution is 9.10. The zero-order valence-electron chi connectivity index (χ0n) is 19.4. The average molecular weight is 526 g/mol. The van der Waals surface area contributed by atoms with Gasteiger partial charge >= 0.3 is 0 Å². The number of likely N-dealkylation sites (tertiary alicyclic amines) is 1. The molecule has 34 heavy (non-hydrogen) atoms. The van der Waals surface area contributed by atoms with Crippen molar-refractivity contribution in [3.63, 3.8) is 0 Å². The van der Waals surface area contributed by atoms with E-state index >= 15 is 0 Å². The second-order valence-corrected chi connectivity index (χ2v) is 10.2. The fourth-order valence-corrected chi connectivity index (χ4v) is 5.52. The number of halogens is 1. The molecule has 2 aliphatic rings. The van der Waals surface area contributed by atoms with Crippen LogP contribution in [0.2, 0.25) is 0 Å². The van der Waals surface area contributed by atoms with Crippen molar-refractivity contribution in [3.05, 3.63) is 58.8 Å². The number of piperazine rings is 1. The summed E-state index contributed by atoms with van der Waals surface area (Å²) in [6, 6.07) is 16.6. The molecule has 2 aromatic carbocycles. The molecule has 0 spiro atoms. The number of para-hydroxylation sites is 2. The summed E-state index contributed by atoms with van der Waals surface area (Å²) < 4.78 is 3.30. The first-order valence-corrected chi connectivity index (χ1v) is 13.0. The molecule has 2 fully saturated rings. The molecule has 0 radical (unpaired) electrons. The maximum absolute atomic E-state index is 13.3. The van der Waals surface area contributed by atoms with Gasteiger partial charge in [0, 0.05) is 49.4 Å². The third kappa shape index (κ3) is 5.05. The van der Waals surface area contributed by atoms with Gasteiger partial charge in [-0.15, -0.1) is 0 Å². The number of aliphatic hydroxyl groups excluding tert-OH is 1. The van der Waals surface area contributed by atoms with E-state index in [1.54, 1.807) is 0 Å². The van der Waals surface area contributed by atoms with E-state index in [0.717, 1.165) is 85.7 Å². The monoisotopic (exact) mass is 525 g/mol. The summed E-state index contributed by atoms with van der Waals surface area (Å²) in [5, 5.41) is 9.16. The summed E-state index contributed by atoms with van der Waals surface area (Å²) in [7, 11) is 0. The van der Waals surface area contributed by atoms with Gasteiger partial charge in [0.1, 0.15) is 5.82 Å². The molecule has 8 heteroatoms. The first kappa shape index (κ1) is 23.5. The highest BCUT2D eigenvalue weighted by Gasteiger charge is 2.31. The van der Waals surface area contributed by atoms with Crippen LogP contribution < -0.4 is 0 Å². The molecule has 5 rings (SSSR count). The van der Waals surface area contributed by atoms with Crippen LogP contribution in [0.15, 0.2) is 53.0 Å². The second-order valence-electron chi connectivity index (χ2n) is 9.29. The van der Waals surface area contributed by atoms with E-state index < -0.39 is 0 Å². The van der Waals surface area contributed by atoms with Crippen molar-refractivity contribution in [3.8, 4) is 5.69 Å². The number of amides is 1. The molecule has 0 saturated carbocycles. The molecule has 0 aliphatic carbocycles. The molecule has 2 saturated heterocycles. The predicted octanol–water partition coefficient (Wildman–Crippen LogP) is 3.14. The van der Waals surface area contributed by atoms with Crippen LogP contribution in [0, 0.1) is 5.92 Å². The van der Waals surface area contributed by atoms with Crippen LogP contribution in [0.5, 0.6) is 0 Å². The molecule has 1 atom stereocenters.